The third-order valence-corrected chi connectivity index (χ3v) is 4.96. The first-order valence-electron chi connectivity index (χ1n) is 6.39. The molecule has 3 aromatic rings. The van der Waals surface area contributed by atoms with Gasteiger partial charge in [0.05, 0.1) is 7.11 Å². The molecule has 1 aromatic carbocycles. The SMILES string of the molecule is COC(=O)c1cc2ccc(Sc3ccc(C)cc3)nc2s1. The topological polar surface area (TPSA) is 39.2 Å². The van der Waals surface area contributed by atoms with Crippen LogP contribution in [0.4, 0.5) is 0 Å². The molecule has 2 aromatic heterocycles. The van der Waals surface area contributed by atoms with E-state index in [-0.39, 0.29) is 5.97 Å². The van der Waals surface area contributed by atoms with Crippen LogP contribution in [0.1, 0.15) is 15.2 Å². The van der Waals surface area contributed by atoms with Gasteiger partial charge in [0.25, 0.3) is 0 Å². The van der Waals surface area contributed by atoms with Crippen molar-refractivity contribution in [1.29, 1.82) is 0 Å². The van der Waals surface area contributed by atoms with Crippen molar-refractivity contribution < 1.29 is 9.53 Å². The Hall–Kier alpha value is -1.85. The van der Waals surface area contributed by atoms with E-state index in [9.17, 15) is 4.79 Å². The lowest BCUT2D eigenvalue weighted by atomic mass is 10.2. The van der Waals surface area contributed by atoms with Crippen LogP contribution in [-0.2, 0) is 4.74 Å². The summed E-state index contributed by atoms with van der Waals surface area (Å²) in [5.74, 6) is -0.314. The molecule has 0 N–H and O–H groups in total. The molecular weight excluding hydrogens is 302 g/mol. The maximum atomic E-state index is 11.5. The first-order chi connectivity index (χ1) is 10.2. The van der Waals surface area contributed by atoms with E-state index in [1.54, 1.807) is 11.8 Å². The van der Waals surface area contributed by atoms with Gasteiger partial charge >= 0.3 is 5.97 Å². The van der Waals surface area contributed by atoms with Gasteiger partial charge in [0.2, 0.25) is 0 Å². The molecule has 0 saturated carbocycles. The summed E-state index contributed by atoms with van der Waals surface area (Å²) in [7, 11) is 1.39. The van der Waals surface area contributed by atoms with Crippen molar-refractivity contribution in [1.82, 2.24) is 4.98 Å². The first kappa shape index (κ1) is 14.1. The Morgan fingerprint density at radius 3 is 2.67 bits per heavy atom. The van der Waals surface area contributed by atoms with Crippen LogP contribution in [0, 0.1) is 6.92 Å². The van der Waals surface area contributed by atoms with Gasteiger partial charge in [-0.1, -0.05) is 29.5 Å². The number of thiophene rings is 1. The monoisotopic (exact) mass is 315 g/mol. The number of benzene rings is 1. The number of fused-ring (bicyclic) bond motifs is 1. The second-order valence-corrected chi connectivity index (χ2v) is 6.69. The Morgan fingerprint density at radius 2 is 1.95 bits per heavy atom. The van der Waals surface area contributed by atoms with Crippen molar-refractivity contribution in [3.63, 3.8) is 0 Å². The quantitative estimate of drug-likeness (QED) is 0.665. The number of ether oxygens (including phenoxy) is 1. The molecule has 0 bridgehead atoms. The molecule has 0 unspecified atom stereocenters. The van der Waals surface area contributed by atoms with E-state index in [1.165, 1.54) is 24.0 Å². The average molecular weight is 315 g/mol. The van der Waals surface area contributed by atoms with Crippen LogP contribution >= 0.6 is 23.1 Å². The van der Waals surface area contributed by atoms with Crippen LogP contribution < -0.4 is 0 Å². The number of aromatic nitrogens is 1. The second kappa shape index (κ2) is 5.87. The molecule has 0 aliphatic carbocycles. The van der Waals surface area contributed by atoms with Crippen molar-refractivity contribution >= 4 is 39.3 Å². The van der Waals surface area contributed by atoms with Crippen molar-refractivity contribution in [2.45, 2.75) is 16.8 Å². The Bertz CT molecular complexity index is 794. The van der Waals surface area contributed by atoms with Crippen molar-refractivity contribution in [3.8, 4) is 0 Å². The second-order valence-electron chi connectivity index (χ2n) is 4.56. The van der Waals surface area contributed by atoms with Crippen molar-refractivity contribution in [2.24, 2.45) is 0 Å². The fourth-order valence-electron chi connectivity index (χ4n) is 1.89. The maximum absolute atomic E-state index is 11.5. The molecule has 0 fully saturated rings. The van der Waals surface area contributed by atoms with Crippen molar-refractivity contribution in [3.05, 3.63) is 52.9 Å². The number of carbonyl (C=O) groups is 1. The fourth-order valence-corrected chi connectivity index (χ4v) is 3.68. The molecule has 3 nitrogen and oxygen atoms in total. The molecule has 2 heterocycles. The number of aryl methyl sites for hydroxylation is 1. The van der Waals surface area contributed by atoms with Crippen LogP contribution in [0.5, 0.6) is 0 Å². The minimum atomic E-state index is -0.314. The van der Waals surface area contributed by atoms with Crippen LogP contribution in [0.3, 0.4) is 0 Å². The minimum absolute atomic E-state index is 0.314. The molecule has 3 rings (SSSR count). The molecule has 0 spiro atoms. The molecule has 0 aliphatic rings. The molecule has 0 atom stereocenters. The predicted octanol–water partition coefficient (Wildman–Crippen LogP) is 4.54. The standard InChI is InChI=1S/C16H13NO2S2/c1-10-3-6-12(7-4-10)20-14-8-5-11-9-13(16(18)19-2)21-15(11)17-14/h3-9H,1-2H3. The summed E-state index contributed by atoms with van der Waals surface area (Å²) in [6.45, 7) is 2.07. The van der Waals surface area contributed by atoms with Gasteiger partial charge in [0, 0.05) is 10.3 Å². The van der Waals surface area contributed by atoms with E-state index in [2.05, 4.69) is 36.2 Å². The number of nitrogens with zero attached hydrogens (tertiary/aromatic N) is 1. The maximum Gasteiger partial charge on any atom is 0.348 e. The highest BCUT2D eigenvalue weighted by Gasteiger charge is 2.11. The lowest BCUT2D eigenvalue weighted by Crippen LogP contribution is -1.96. The molecule has 106 valence electrons. The normalized spacial score (nSPS) is 10.8. The number of esters is 1. The van der Waals surface area contributed by atoms with Gasteiger partial charge in [-0.2, -0.15) is 0 Å². The number of pyridine rings is 1. The van der Waals surface area contributed by atoms with Gasteiger partial charge in [-0.05, 0) is 37.3 Å². The van der Waals surface area contributed by atoms with Gasteiger partial charge in [-0.25, -0.2) is 9.78 Å². The summed E-state index contributed by atoms with van der Waals surface area (Å²) in [6.07, 6.45) is 0. The van der Waals surface area contributed by atoms with E-state index in [4.69, 9.17) is 4.74 Å². The molecule has 0 saturated heterocycles. The highest BCUT2D eigenvalue weighted by molar-refractivity contribution is 7.99. The van der Waals surface area contributed by atoms with E-state index >= 15 is 0 Å². The zero-order valence-corrected chi connectivity index (χ0v) is 13.3. The fraction of sp³-hybridized carbons (Fsp3) is 0.125. The lowest BCUT2D eigenvalue weighted by molar-refractivity contribution is 0.0606. The zero-order valence-electron chi connectivity index (χ0n) is 11.6. The van der Waals surface area contributed by atoms with Gasteiger partial charge < -0.3 is 4.74 Å². The number of hydrogen-bond donors (Lipinski definition) is 0. The smallest absolute Gasteiger partial charge is 0.348 e. The Labute approximate surface area is 131 Å². The molecule has 0 radical (unpaired) electrons. The van der Waals surface area contributed by atoms with Gasteiger partial charge in [-0.3, -0.25) is 0 Å². The number of methoxy groups -OCH3 is 1. The Balaban J connectivity index is 1.90. The van der Waals surface area contributed by atoms with E-state index in [0.717, 1.165) is 20.1 Å². The number of carbonyl (C=O) groups excluding carboxylic acids is 1. The van der Waals surface area contributed by atoms with Crippen LogP contribution in [-0.4, -0.2) is 18.1 Å². The molecule has 21 heavy (non-hydrogen) atoms. The van der Waals surface area contributed by atoms with Crippen LogP contribution in [0.25, 0.3) is 10.2 Å². The summed E-state index contributed by atoms with van der Waals surface area (Å²) in [5.41, 5.74) is 1.24. The lowest BCUT2D eigenvalue weighted by Gasteiger charge is -2.01. The van der Waals surface area contributed by atoms with Gasteiger partial charge in [0.15, 0.2) is 0 Å². The Kier molecular flexibility index (Phi) is 3.94. The number of hydrogen-bond acceptors (Lipinski definition) is 5. The zero-order chi connectivity index (χ0) is 14.8. The summed E-state index contributed by atoms with van der Waals surface area (Å²) >= 11 is 2.97. The largest absolute Gasteiger partial charge is 0.465 e. The summed E-state index contributed by atoms with van der Waals surface area (Å²) < 4.78 is 4.74. The highest BCUT2D eigenvalue weighted by Crippen LogP contribution is 2.31. The first-order valence-corrected chi connectivity index (χ1v) is 8.02. The highest BCUT2D eigenvalue weighted by atomic mass is 32.2. The summed E-state index contributed by atoms with van der Waals surface area (Å²) in [6, 6.07) is 14.1. The van der Waals surface area contributed by atoms with E-state index in [1.807, 2.05) is 18.2 Å². The van der Waals surface area contributed by atoms with Gasteiger partial charge in [0.1, 0.15) is 14.7 Å². The predicted molar refractivity (Wildman–Crippen MR) is 86.3 cm³/mol. The molecular formula is C16H13NO2S2. The molecule has 0 aliphatic heterocycles. The third-order valence-electron chi connectivity index (χ3n) is 2.99. The van der Waals surface area contributed by atoms with E-state index in [0.29, 0.717) is 4.88 Å². The van der Waals surface area contributed by atoms with Crippen molar-refractivity contribution in [2.75, 3.05) is 7.11 Å². The summed E-state index contributed by atoms with van der Waals surface area (Å²) in [4.78, 5) is 18.7. The van der Waals surface area contributed by atoms with Gasteiger partial charge in [-0.15, -0.1) is 11.3 Å². The average Bonchev–Trinajstić information content (AvgIpc) is 2.92. The molecule has 5 heteroatoms. The van der Waals surface area contributed by atoms with Crippen LogP contribution in [0.2, 0.25) is 0 Å². The van der Waals surface area contributed by atoms with Crippen LogP contribution in [0.15, 0.2) is 52.4 Å². The third kappa shape index (κ3) is 3.09. The molecule has 0 amide bonds. The van der Waals surface area contributed by atoms with E-state index < -0.39 is 0 Å². The summed E-state index contributed by atoms with van der Waals surface area (Å²) in [5, 5.41) is 1.89. The Morgan fingerprint density at radius 1 is 1.19 bits per heavy atom. The number of rotatable bonds is 3. The minimum Gasteiger partial charge on any atom is -0.465 e.